The van der Waals surface area contributed by atoms with E-state index in [4.69, 9.17) is 4.99 Å². The van der Waals surface area contributed by atoms with Crippen LogP contribution in [0, 0.1) is 6.92 Å². The highest BCUT2D eigenvalue weighted by molar-refractivity contribution is 6.09. The molecule has 6 heteroatoms. The predicted molar refractivity (Wildman–Crippen MR) is 129 cm³/mol. The van der Waals surface area contributed by atoms with E-state index in [1.54, 1.807) is 12.4 Å². The normalized spacial score (nSPS) is 14.4. The first-order valence-electron chi connectivity index (χ1n) is 10.7. The zero-order valence-corrected chi connectivity index (χ0v) is 18.7. The first kappa shape index (κ1) is 21.4. The Hall–Kier alpha value is -3.80. The number of rotatable bonds is 5. The third-order valence-electron chi connectivity index (χ3n) is 5.15. The smallest absolute Gasteiger partial charge is 0.151 e. The lowest BCUT2D eigenvalue weighted by atomic mass is 10.0. The van der Waals surface area contributed by atoms with Gasteiger partial charge in [-0.25, -0.2) is 9.98 Å². The van der Waals surface area contributed by atoms with Crippen LogP contribution in [0.5, 0.6) is 0 Å². The van der Waals surface area contributed by atoms with Crippen molar-refractivity contribution in [1.29, 1.82) is 0 Å². The summed E-state index contributed by atoms with van der Waals surface area (Å²) in [5.41, 5.74) is 8.05. The fraction of sp³-hybridized carbons (Fsp3) is 0.231. The molecule has 0 spiro atoms. The molecule has 6 nitrogen and oxygen atoms in total. The van der Waals surface area contributed by atoms with Crippen LogP contribution in [-0.2, 0) is 6.42 Å². The predicted octanol–water partition coefficient (Wildman–Crippen LogP) is 5.62. The lowest BCUT2D eigenvalue weighted by molar-refractivity contribution is 1.02. The molecule has 0 bridgehead atoms. The van der Waals surface area contributed by atoms with Gasteiger partial charge in [-0.15, -0.1) is 0 Å². The molecular weight excluding hydrogens is 396 g/mol. The first-order valence-corrected chi connectivity index (χ1v) is 10.7. The Kier molecular flexibility index (Phi) is 6.70. The van der Waals surface area contributed by atoms with E-state index in [0.717, 1.165) is 57.9 Å². The molecule has 3 aromatic heterocycles. The highest BCUT2D eigenvalue weighted by Gasteiger charge is 2.07. The number of hydrogen-bond acceptors (Lipinski definition) is 6. The van der Waals surface area contributed by atoms with Gasteiger partial charge in [-0.05, 0) is 69.0 Å². The Morgan fingerprint density at radius 1 is 0.969 bits per heavy atom. The molecule has 0 saturated carbocycles. The number of aryl methyl sites for hydroxylation is 1. The minimum Gasteiger partial charge on any atom is -0.256 e. The Bertz CT molecular complexity index is 1200. The molecule has 0 saturated heterocycles. The van der Waals surface area contributed by atoms with E-state index in [0.29, 0.717) is 12.2 Å². The van der Waals surface area contributed by atoms with Gasteiger partial charge in [0, 0.05) is 41.4 Å². The van der Waals surface area contributed by atoms with Crippen LogP contribution in [0.3, 0.4) is 0 Å². The van der Waals surface area contributed by atoms with Gasteiger partial charge in [0.15, 0.2) is 5.82 Å². The monoisotopic (exact) mass is 422 g/mol. The summed E-state index contributed by atoms with van der Waals surface area (Å²) in [7, 11) is 0. The molecule has 0 aromatic carbocycles. The van der Waals surface area contributed by atoms with Crippen molar-refractivity contribution in [2.45, 2.75) is 40.0 Å². The summed E-state index contributed by atoms with van der Waals surface area (Å²) in [6.07, 6.45) is 16.3. The summed E-state index contributed by atoms with van der Waals surface area (Å²) in [5.74, 6) is 0.693. The topological polar surface area (TPSA) is 76.3 Å². The summed E-state index contributed by atoms with van der Waals surface area (Å²) < 4.78 is 0. The molecule has 32 heavy (non-hydrogen) atoms. The molecule has 0 amide bonds. The molecule has 0 fully saturated rings. The fourth-order valence-electron chi connectivity index (χ4n) is 3.61. The van der Waals surface area contributed by atoms with E-state index in [9.17, 15) is 0 Å². The summed E-state index contributed by atoms with van der Waals surface area (Å²) in [4.78, 5) is 18.5. The lowest BCUT2D eigenvalue weighted by Gasteiger charge is -2.08. The number of allylic oxidation sites excluding steroid dienone is 4. The minimum atomic E-state index is 0.693. The van der Waals surface area contributed by atoms with E-state index in [1.807, 2.05) is 44.4 Å². The van der Waals surface area contributed by atoms with Gasteiger partial charge in [-0.3, -0.25) is 9.98 Å². The molecule has 0 radical (unpaired) electrons. The molecule has 0 aliphatic carbocycles. The van der Waals surface area contributed by atoms with Gasteiger partial charge in [0.25, 0.3) is 0 Å². The van der Waals surface area contributed by atoms with Crippen LogP contribution < -0.4 is 0 Å². The van der Waals surface area contributed by atoms with E-state index in [1.165, 1.54) is 0 Å². The third kappa shape index (κ3) is 5.46. The van der Waals surface area contributed by atoms with Crippen molar-refractivity contribution in [2.75, 3.05) is 0 Å². The summed E-state index contributed by atoms with van der Waals surface area (Å²) >= 11 is 0. The van der Waals surface area contributed by atoms with Crippen LogP contribution >= 0.6 is 0 Å². The molecule has 0 unspecified atom stereocenters. The Morgan fingerprint density at radius 3 is 2.62 bits per heavy atom. The van der Waals surface area contributed by atoms with Crippen molar-refractivity contribution < 1.29 is 0 Å². The van der Waals surface area contributed by atoms with Crippen molar-refractivity contribution >= 4 is 17.2 Å². The van der Waals surface area contributed by atoms with Crippen LogP contribution in [0.4, 0.5) is 5.82 Å². The maximum atomic E-state index is 4.69. The van der Waals surface area contributed by atoms with E-state index >= 15 is 0 Å². The zero-order valence-electron chi connectivity index (χ0n) is 18.7. The third-order valence-corrected chi connectivity index (χ3v) is 5.15. The second-order valence-corrected chi connectivity index (χ2v) is 7.89. The molecule has 4 rings (SSSR count). The van der Waals surface area contributed by atoms with Crippen LogP contribution in [0.2, 0.25) is 0 Å². The highest BCUT2D eigenvalue weighted by Crippen LogP contribution is 2.21. The first-order chi connectivity index (χ1) is 15.6. The molecule has 160 valence electrons. The van der Waals surface area contributed by atoms with Crippen molar-refractivity contribution in [1.82, 2.24) is 20.2 Å². The average molecular weight is 423 g/mol. The average Bonchev–Trinajstić information content (AvgIpc) is 2.77. The number of pyridine rings is 2. The van der Waals surface area contributed by atoms with Crippen LogP contribution in [-0.4, -0.2) is 31.6 Å². The fourth-order valence-corrected chi connectivity index (χ4v) is 3.61. The summed E-state index contributed by atoms with van der Waals surface area (Å²) in [6.45, 7) is 6.11. The maximum Gasteiger partial charge on any atom is 0.151 e. The largest absolute Gasteiger partial charge is 0.256 e. The van der Waals surface area contributed by atoms with Crippen LogP contribution in [0.15, 0.2) is 83.0 Å². The number of aromatic nitrogens is 4. The van der Waals surface area contributed by atoms with E-state index < -0.39 is 0 Å². The number of nitrogens with zero attached hydrogens (tertiary/aromatic N) is 6. The minimum absolute atomic E-state index is 0.693. The van der Waals surface area contributed by atoms with Crippen molar-refractivity contribution in [3.63, 3.8) is 0 Å². The Balaban J connectivity index is 1.47. The molecule has 3 aromatic rings. The summed E-state index contributed by atoms with van der Waals surface area (Å²) in [5, 5.41) is 7.77. The van der Waals surface area contributed by atoms with Gasteiger partial charge in [0.05, 0.1) is 23.8 Å². The van der Waals surface area contributed by atoms with Gasteiger partial charge in [-0.1, -0.05) is 18.2 Å². The zero-order chi connectivity index (χ0) is 22.3. The maximum absolute atomic E-state index is 4.69. The number of hydrogen-bond donors (Lipinski definition) is 0. The van der Waals surface area contributed by atoms with Crippen LogP contribution in [0.1, 0.15) is 43.4 Å². The second-order valence-electron chi connectivity index (χ2n) is 7.89. The molecule has 0 atom stereocenters. The molecule has 0 N–H and O–H groups in total. The SMILES string of the molecule is CC1=CCCC=CC(c2ccc(N=C(C)Cc3cnc(-c4ccnnc4)c(C)c3)nc2)=N1. The van der Waals surface area contributed by atoms with Crippen molar-refractivity contribution in [3.05, 3.63) is 89.7 Å². The van der Waals surface area contributed by atoms with Gasteiger partial charge in [0.2, 0.25) is 0 Å². The van der Waals surface area contributed by atoms with E-state index in [-0.39, 0.29) is 0 Å². The standard InChI is InChI=1S/C26H26N6/c1-18-13-21(15-28-26(18)23-11-12-29-30-17-23)14-20(3)32-25-10-9-22(16-27-25)24-8-6-4-5-7-19(2)31-24/h6-13,15-17H,4-5,14H2,1-3H3. The van der Waals surface area contributed by atoms with Gasteiger partial charge < -0.3 is 0 Å². The second kappa shape index (κ2) is 10.0. The van der Waals surface area contributed by atoms with Crippen molar-refractivity contribution in [2.24, 2.45) is 9.98 Å². The van der Waals surface area contributed by atoms with E-state index in [2.05, 4.69) is 56.4 Å². The van der Waals surface area contributed by atoms with Gasteiger partial charge in [-0.2, -0.15) is 10.2 Å². The number of aliphatic imine (C=N–C) groups is 2. The highest BCUT2D eigenvalue weighted by atomic mass is 15.1. The summed E-state index contributed by atoms with van der Waals surface area (Å²) in [6, 6.07) is 8.03. The Labute approximate surface area is 188 Å². The Morgan fingerprint density at radius 2 is 1.88 bits per heavy atom. The quantitative estimate of drug-likeness (QED) is 0.500. The van der Waals surface area contributed by atoms with Gasteiger partial charge in [0.1, 0.15) is 0 Å². The molecule has 1 aliphatic rings. The van der Waals surface area contributed by atoms with Crippen molar-refractivity contribution in [3.8, 4) is 11.3 Å². The lowest BCUT2D eigenvalue weighted by Crippen LogP contribution is -2.01. The van der Waals surface area contributed by atoms with Crippen LogP contribution in [0.25, 0.3) is 11.3 Å². The molecule has 1 aliphatic heterocycles. The molecular formula is C26H26N6. The van der Waals surface area contributed by atoms with Gasteiger partial charge >= 0.3 is 0 Å². The molecule has 4 heterocycles.